The summed E-state index contributed by atoms with van der Waals surface area (Å²) in [6.07, 6.45) is 1.30. The summed E-state index contributed by atoms with van der Waals surface area (Å²) in [6, 6.07) is 4.29. The van der Waals surface area contributed by atoms with Crippen LogP contribution in [0.5, 0.6) is 0 Å². The van der Waals surface area contributed by atoms with Crippen molar-refractivity contribution in [3.05, 3.63) is 24.0 Å². The van der Waals surface area contributed by atoms with E-state index in [4.69, 9.17) is 0 Å². The molecule has 0 amide bonds. The van der Waals surface area contributed by atoms with Gasteiger partial charge >= 0.3 is 0 Å². The lowest BCUT2D eigenvalue weighted by Gasteiger charge is -2.23. The van der Waals surface area contributed by atoms with Crippen LogP contribution in [0.4, 0.5) is 5.69 Å². The van der Waals surface area contributed by atoms with Crippen molar-refractivity contribution < 1.29 is 5.11 Å². The smallest absolute Gasteiger partial charge is 0.0931 e. The van der Waals surface area contributed by atoms with Crippen molar-refractivity contribution >= 4 is 5.69 Å². The van der Waals surface area contributed by atoms with Gasteiger partial charge in [0.1, 0.15) is 0 Å². The molecule has 1 N–H and O–H groups in total. The molecule has 1 atom stereocenters. The largest absolute Gasteiger partial charge is 0.387 e. The molecule has 0 saturated heterocycles. The molecule has 0 aliphatic heterocycles. The highest BCUT2D eigenvalue weighted by atomic mass is 16.3. The first-order chi connectivity index (χ1) is 6.52. The Morgan fingerprint density at radius 1 is 1.29 bits per heavy atom. The van der Waals surface area contributed by atoms with Crippen LogP contribution in [0.2, 0.25) is 0 Å². The fourth-order valence-electron chi connectivity index (χ4n) is 1.15. The van der Waals surface area contributed by atoms with Gasteiger partial charge in [0, 0.05) is 13.1 Å². The summed E-state index contributed by atoms with van der Waals surface area (Å²) in [5.74, 6) is 0. The fourth-order valence-corrected chi connectivity index (χ4v) is 1.15. The highest BCUT2D eigenvalue weighted by Crippen LogP contribution is 2.16. The second kappa shape index (κ2) is 4.42. The standard InChI is InChI=1S/C11H18N2O/c1-8(2)13(4)10-5-6-11(9(3)14)12-7-10/h5-9,14H,1-4H3/t9-/m0/s1. The summed E-state index contributed by atoms with van der Waals surface area (Å²) in [7, 11) is 2.03. The lowest BCUT2D eigenvalue weighted by molar-refractivity contribution is 0.194. The van der Waals surface area contributed by atoms with Crippen molar-refractivity contribution in [1.82, 2.24) is 4.98 Å². The van der Waals surface area contributed by atoms with Gasteiger partial charge < -0.3 is 10.0 Å². The number of hydrogen-bond donors (Lipinski definition) is 1. The number of pyridine rings is 1. The lowest BCUT2D eigenvalue weighted by Crippen LogP contribution is -2.25. The van der Waals surface area contributed by atoms with Crippen molar-refractivity contribution in [2.75, 3.05) is 11.9 Å². The van der Waals surface area contributed by atoms with E-state index in [1.165, 1.54) is 0 Å². The van der Waals surface area contributed by atoms with E-state index in [0.29, 0.717) is 11.7 Å². The van der Waals surface area contributed by atoms with Gasteiger partial charge in [0.2, 0.25) is 0 Å². The second-order valence-corrected chi connectivity index (χ2v) is 3.82. The molecule has 0 aliphatic rings. The molecule has 0 aromatic carbocycles. The van der Waals surface area contributed by atoms with E-state index in [-0.39, 0.29) is 0 Å². The van der Waals surface area contributed by atoms with Gasteiger partial charge in [-0.05, 0) is 32.9 Å². The molecule has 3 nitrogen and oxygen atoms in total. The Bertz CT molecular complexity index is 280. The normalized spacial score (nSPS) is 13.0. The third-order valence-electron chi connectivity index (χ3n) is 2.38. The number of rotatable bonds is 3. The van der Waals surface area contributed by atoms with Crippen LogP contribution in [0.15, 0.2) is 18.3 Å². The molecule has 0 bridgehead atoms. The Balaban J connectivity index is 2.83. The van der Waals surface area contributed by atoms with Crippen LogP contribution >= 0.6 is 0 Å². The van der Waals surface area contributed by atoms with Gasteiger partial charge in [0.15, 0.2) is 0 Å². The molecule has 0 spiro atoms. The van der Waals surface area contributed by atoms with Gasteiger partial charge in [-0.2, -0.15) is 0 Å². The van der Waals surface area contributed by atoms with E-state index in [1.54, 1.807) is 13.1 Å². The number of aromatic nitrogens is 1. The Hall–Kier alpha value is -1.09. The third kappa shape index (κ3) is 2.45. The second-order valence-electron chi connectivity index (χ2n) is 3.82. The number of aliphatic hydroxyl groups excluding tert-OH is 1. The minimum Gasteiger partial charge on any atom is -0.387 e. The Labute approximate surface area is 85.4 Å². The maximum Gasteiger partial charge on any atom is 0.0931 e. The van der Waals surface area contributed by atoms with Gasteiger partial charge in [0.05, 0.1) is 23.7 Å². The molecule has 1 aromatic rings. The molecule has 0 unspecified atom stereocenters. The number of hydrogen-bond acceptors (Lipinski definition) is 3. The molecule has 78 valence electrons. The molecular formula is C11H18N2O. The molecule has 0 saturated carbocycles. The summed E-state index contributed by atoms with van der Waals surface area (Å²) in [4.78, 5) is 6.33. The van der Waals surface area contributed by atoms with E-state index in [0.717, 1.165) is 5.69 Å². The molecule has 0 radical (unpaired) electrons. The van der Waals surface area contributed by atoms with Gasteiger partial charge in [0.25, 0.3) is 0 Å². The van der Waals surface area contributed by atoms with Gasteiger partial charge in [-0.15, -0.1) is 0 Å². The van der Waals surface area contributed by atoms with E-state index in [9.17, 15) is 5.11 Å². The molecule has 1 heterocycles. The summed E-state index contributed by atoms with van der Waals surface area (Å²) in [5.41, 5.74) is 1.79. The van der Waals surface area contributed by atoms with Gasteiger partial charge in [-0.25, -0.2) is 0 Å². The zero-order valence-corrected chi connectivity index (χ0v) is 9.23. The molecular weight excluding hydrogens is 176 g/mol. The van der Waals surface area contributed by atoms with E-state index >= 15 is 0 Å². The monoisotopic (exact) mass is 194 g/mol. The molecule has 3 heteroatoms. The maximum atomic E-state index is 9.29. The first-order valence-corrected chi connectivity index (χ1v) is 4.89. The number of nitrogens with zero attached hydrogens (tertiary/aromatic N) is 2. The van der Waals surface area contributed by atoms with Crippen LogP contribution in [-0.4, -0.2) is 23.2 Å². The van der Waals surface area contributed by atoms with E-state index < -0.39 is 6.10 Å². The summed E-state index contributed by atoms with van der Waals surface area (Å²) in [6.45, 7) is 5.97. The first-order valence-electron chi connectivity index (χ1n) is 4.89. The SMILES string of the molecule is CC(C)N(C)c1ccc([C@H](C)O)nc1. The van der Waals surface area contributed by atoms with Crippen LogP contribution in [0.1, 0.15) is 32.6 Å². The van der Waals surface area contributed by atoms with Crippen molar-refractivity contribution in [2.45, 2.75) is 32.9 Å². The molecule has 0 fully saturated rings. The van der Waals surface area contributed by atoms with Crippen LogP contribution < -0.4 is 4.90 Å². The minimum absolute atomic E-state index is 0.453. The van der Waals surface area contributed by atoms with Crippen LogP contribution in [0.25, 0.3) is 0 Å². The summed E-state index contributed by atoms with van der Waals surface area (Å²) < 4.78 is 0. The topological polar surface area (TPSA) is 36.4 Å². The molecule has 14 heavy (non-hydrogen) atoms. The lowest BCUT2D eigenvalue weighted by atomic mass is 10.2. The van der Waals surface area contributed by atoms with E-state index in [2.05, 4.69) is 23.7 Å². The Kier molecular flexibility index (Phi) is 3.47. The van der Waals surface area contributed by atoms with E-state index in [1.807, 2.05) is 19.2 Å². The maximum absolute atomic E-state index is 9.29. The van der Waals surface area contributed by atoms with Crippen LogP contribution in [0.3, 0.4) is 0 Å². The average Bonchev–Trinajstić information content (AvgIpc) is 2.16. The number of anilines is 1. The van der Waals surface area contributed by atoms with Crippen LogP contribution in [0, 0.1) is 0 Å². The minimum atomic E-state index is -0.492. The zero-order chi connectivity index (χ0) is 10.7. The molecule has 1 rings (SSSR count). The quantitative estimate of drug-likeness (QED) is 0.799. The van der Waals surface area contributed by atoms with Crippen molar-refractivity contribution in [2.24, 2.45) is 0 Å². The molecule has 1 aromatic heterocycles. The van der Waals surface area contributed by atoms with Crippen molar-refractivity contribution in [3.63, 3.8) is 0 Å². The zero-order valence-electron chi connectivity index (χ0n) is 9.23. The third-order valence-corrected chi connectivity index (χ3v) is 2.38. The number of aliphatic hydroxyl groups is 1. The Morgan fingerprint density at radius 3 is 2.29 bits per heavy atom. The highest BCUT2D eigenvalue weighted by Gasteiger charge is 2.06. The Morgan fingerprint density at radius 2 is 1.93 bits per heavy atom. The fraction of sp³-hybridized carbons (Fsp3) is 0.545. The van der Waals surface area contributed by atoms with Crippen molar-refractivity contribution in [1.29, 1.82) is 0 Å². The highest BCUT2D eigenvalue weighted by molar-refractivity contribution is 5.44. The first kappa shape index (κ1) is 11.0. The van der Waals surface area contributed by atoms with Crippen molar-refractivity contribution in [3.8, 4) is 0 Å². The predicted molar refractivity (Wildman–Crippen MR) is 58.4 cm³/mol. The summed E-state index contributed by atoms with van der Waals surface area (Å²) >= 11 is 0. The summed E-state index contributed by atoms with van der Waals surface area (Å²) in [5, 5.41) is 9.29. The molecule has 0 aliphatic carbocycles. The average molecular weight is 194 g/mol. The van der Waals surface area contributed by atoms with Gasteiger partial charge in [-0.3, -0.25) is 4.98 Å². The van der Waals surface area contributed by atoms with Gasteiger partial charge in [-0.1, -0.05) is 0 Å². The predicted octanol–water partition coefficient (Wildman–Crippen LogP) is 1.98. The van der Waals surface area contributed by atoms with Crippen LogP contribution in [-0.2, 0) is 0 Å².